The first-order chi connectivity index (χ1) is 11.4. The second-order valence-corrected chi connectivity index (χ2v) is 7.61. The maximum Gasteiger partial charge on any atom is 0.240 e. The van der Waals surface area contributed by atoms with Crippen LogP contribution in [0, 0.1) is 5.92 Å². The Morgan fingerprint density at radius 1 is 1.29 bits per heavy atom. The normalized spacial score (nSPS) is 17.4. The Bertz CT molecular complexity index is 640. The molecule has 1 amide bonds. The summed E-state index contributed by atoms with van der Waals surface area (Å²) in [6.07, 6.45) is 1.59. The molecule has 7 nitrogen and oxygen atoms in total. The quantitative estimate of drug-likeness (QED) is 0.654. The second kappa shape index (κ2) is 8.57. The van der Waals surface area contributed by atoms with Crippen molar-refractivity contribution in [3.8, 4) is 0 Å². The highest BCUT2D eigenvalue weighted by Crippen LogP contribution is 2.17. The van der Waals surface area contributed by atoms with E-state index >= 15 is 0 Å². The minimum absolute atomic E-state index is 0.145. The third-order valence-electron chi connectivity index (χ3n) is 4.11. The summed E-state index contributed by atoms with van der Waals surface area (Å²) in [7, 11) is -3.46. The summed E-state index contributed by atoms with van der Waals surface area (Å²) in [4.78, 5) is 12.4. The average Bonchev–Trinajstić information content (AvgIpc) is 2.60. The van der Waals surface area contributed by atoms with E-state index in [0.717, 1.165) is 18.4 Å². The lowest BCUT2D eigenvalue weighted by atomic mass is 9.92. The molecule has 0 aromatic heterocycles. The van der Waals surface area contributed by atoms with Crippen molar-refractivity contribution in [1.29, 1.82) is 0 Å². The van der Waals surface area contributed by atoms with E-state index in [1.165, 1.54) is 12.1 Å². The summed E-state index contributed by atoms with van der Waals surface area (Å²) in [6, 6.07) is 5.88. The van der Waals surface area contributed by atoms with Crippen LogP contribution >= 0.6 is 0 Å². The number of hydrogen-bond donors (Lipinski definition) is 3. The molecule has 1 aromatic carbocycles. The van der Waals surface area contributed by atoms with Crippen LogP contribution in [0.1, 0.15) is 25.3 Å². The third-order valence-corrected chi connectivity index (χ3v) is 5.67. The molecule has 1 heterocycles. The van der Waals surface area contributed by atoms with Gasteiger partial charge in [-0.2, -0.15) is 0 Å². The molecule has 0 radical (unpaired) electrons. The van der Waals surface area contributed by atoms with Gasteiger partial charge in [-0.25, -0.2) is 13.1 Å². The largest absolute Gasteiger partial charge is 0.381 e. The molecule has 0 saturated carbocycles. The molecular weight excluding hydrogens is 330 g/mol. The van der Waals surface area contributed by atoms with E-state index in [1.54, 1.807) is 19.1 Å². The minimum Gasteiger partial charge on any atom is -0.381 e. The molecule has 134 valence electrons. The molecule has 1 atom stereocenters. The smallest absolute Gasteiger partial charge is 0.240 e. The molecule has 4 N–H and O–H groups in total. The summed E-state index contributed by atoms with van der Waals surface area (Å²) in [5.41, 5.74) is 6.83. The zero-order valence-corrected chi connectivity index (χ0v) is 14.6. The number of rotatable bonds is 7. The first-order valence-electron chi connectivity index (χ1n) is 8.13. The highest BCUT2D eigenvalue weighted by Gasteiger charge is 2.26. The van der Waals surface area contributed by atoms with E-state index in [0.29, 0.717) is 26.3 Å². The van der Waals surface area contributed by atoms with Gasteiger partial charge < -0.3 is 15.8 Å². The van der Waals surface area contributed by atoms with Gasteiger partial charge in [-0.1, -0.05) is 19.1 Å². The van der Waals surface area contributed by atoms with Gasteiger partial charge in [-0.05, 0) is 36.5 Å². The Morgan fingerprint density at radius 3 is 2.50 bits per heavy atom. The number of nitrogens with one attached hydrogen (secondary N) is 2. The summed E-state index contributed by atoms with van der Waals surface area (Å²) < 4.78 is 31.4. The lowest BCUT2D eigenvalue weighted by Crippen LogP contribution is -2.46. The lowest BCUT2D eigenvalue weighted by Gasteiger charge is -2.26. The first kappa shape index (κ1) is 18.9. The Labute approximate surface area is 143 Å². The molecule has 1 aromatic rings. The fourth-order valence-corrected chi connectivity index (χ4v) is 3.70. The van der Waals surface area contributed by atoms with Gasteiger partial charge in [0.2, 0.25) is 15.9 Å². The van der Waals surface area contributed by atoms with Gasteiger partial charge >= 0.3 is 0 Å². The predicted octanol–water partition coefficient (Wildman–Crippen LogP) is 0.355. The fraction of sp³-hybridized carbons (Fsp3) is 0.562. The average molecular weight is 355 g/mol. The molecule has 0 bridgehead atoms. The molecule has 1 fully saturated rings. The first-order valence-corrected chi connectivity index (χ1v) is 9.62. The van der Waals surface area contributed by atoms with Crippen LogP contribution in [-0.4, -0.2) is 40.1 Å². The van der Waals surface area contributed by atoms with Crippen LogP contribution < -0.4 is 15.8 Å². The monoisotopic (exact) mass is 355 g/mol. The fourth-order valence-electron chi connectivity index (χ4n) is 2.66. The topological polar surface area (TPSA) is 111 Å². The molecule has 1 aliphatic rings. The van der Waals surface area contributed by atoms with Crippen LogP contribution in [-0.2, 0) is 26.1 Å². The standard InChI is InChI=1S/C16H25N3O4S/c1-2-19-24(21,22)14-5-3-12(4-6-14)11-18-16(20)15(17)13-7-9-23-10-8-13/h3-6,13,15,19H,2,7-11,17H2,1H3,(H,18,20). The van der Waals surface area contributed by atoms with Gasteiger partial charge in [0.25, 0.3) is 0 Å². The number of nitrogens with two attached hydrogens (primary N) is 1. The maximum absolute atomic E-state index is 12.1. The van der Waals surface area contributed by atoms with Crippen LogP contribution in [0.3, 0.4) is 0 Å². The van der Waals surface area contributed by atoms with Crippen molar-refractivity contribution in [2.24, 2.45) is 11.7 Å². The summed E-state index contributed by atoms with van der Waals surface area (Å²) in [6.45, 7) is 3.67. The number of carbonyl (C=O) groups excluding carboxylic acids is 1. The third kappa shape index (κ3) is 5.01. The van der Waals surface area contributed by atoms with E-state index in [4.69, 9.17) is 10.5 Å². The van der Waals surface area contributed by atoms with Gasteiger partial charge in [-0.15, -0.1) is 0 Å². The Morgan fingerprint density at radius 2 is 1.92 bits per heavy atom. The van der Waals surface area contributed by atoms with E-state index in [-0.39, 0.29) is 16.7 Å². The second-order valence-electron chi connectivity index (χ2n) is 5.84. The van der Waals surface area contributed by atoms with Crippen molar-refractivity contribution in [3.63, 3.8) is 0 Å². The summed E-state index contributed by atoms with van der Waals surface area (Å²) in [5.74, 6) is -0.0439. The van der Waals surface area contributed by atoms with Gasteiger partial charge in [0.1, 0.15) is 0 Å². The number of carbonyl (C=O) groups is 1. The van der Waals surface area contributed by atoms with Crippen molar-refractivity contribution in [1.82, 2.24) is 10.0 Å². The molecule has 1 unspecified atom stereocenters. The summed E-state index contributed by atoms with van der Waals surface area (Å²) >= 11 is 0. The van der Waals surface area contributed by atoms with Gasteiger partial charge in [0.05, 0.1) is 10.9 Å². The Kier molecular flexibility index (Phi) is 6.73. The molecule has 24 heavy (non-hydrogen) atoms. The molecule has 0 spiro atoms. The summed E-state index contributed by atoms with van der Waals surface area (Å²) in [5, 5.41) is 2.81. The lowest BCUT2D eigenvalue weighted by molar-refractivity contribution is -0.124. The van der Waals surface area contributed by atoms with Crippen molar-refractivity contribution in [3.05, 3.63) is 29.8 Å². The number of benzene rings is 1. The molecule has 8 heteroatoms. The van der Waals surface area contributed by atoms with Gasteiger partial charge in [-0.3, -0.25) is 4.79 Å². The molecule has 2 rings (SSSR count). The highest BCUT2D eigenvalue weighted by molar-refractivity contribution is 7.89. The van der Waals surface area contributed by atoms with E-state index in [2.05, 4.69) is 10.0 Å². The molecule has 1 aliphatic heterocycles. The van der Waals surface area contributed by atoms with Crippen molar-refractivity contribution in [2.45, 2.75) is 37.2 Å². The number of ether oxygens (including phenoxy) is 1. The van der Waals surface area contributed by atoms with Crippen LogP contribution in [0.2, 0.25) is 0 Å². The van der Waals surface area contributed by atoms with Crippen molar-refractivity contribution < 1.29 is 17.9 Å². The predicted molar refractivity (Wildman–Crippen MR) is 90.7 cm³/mol. The van der Waals surface area contributed by atoms with E-state index in [1.807, 2.05) is 0 Å². The zero-order chi connectivity index (χ0) is 17.6. The number of sulfonamides is 1. The zero-order valence-electron chi connectivity index (χ0n) is 13.8. The van der Waals surface area contributed by atoms with Crippen LogP contribution in [0.15, 0.2) is 29.2 Å². The SMILES string of the molecule is CCNS(=O)(=O)c1ccc(CNC(=O)C(N)C2CCOCC2)cc1. The van der Waals surface area contributed by atoms with Crippen LogP contribution in [0.25, 0.3) is 0 Å². The Balaban J connectivity index is 1.88. The molecule has 0 aliphatic carbocycles. The highest BCUT2D eigenvalue weighted by atomic mass is 32.2. The minimum atomic E-state index is -3.46. The molecular formula is C16H25N3O4S. The van der Waals surface area contributed by atoms with Crippen LogP contribution in [0.5, 0.6) is 0 Å². The van der Waals surface area contributed by atoms with Gasteiger partial charge in [0, 0.05) is 26.3 Å². The van der Waals surface area contributed by atoms with E-state index < -0.39 is 16.1 Å². The van der Waals surface area contributed by atoms with Crippen molar-refractivity contribution >= 4 is 15.9 Å². The number of amides is 1. The van der Waals surface area contributed by atoms with Gasteiger partial charge in [0.15, 0.2) is 0 Å². The molecule has 1 saturated heterocycles. The Hall–Kier alpha value is -1.48. The van der Waals surface area contributed by atoms with E-state index in [9.17, 15) is 13.2 Å². The maximum atomic E-state index is 12.1. The van der Waals surface area contributed by atoms with Crippen LogP contribution in [0.4, 0.5) is 0 Å². The number of hydrogen-bond acceptors (Lipinski definition) is 5. The van der Waals surface area contributed by atoms with Crippen molar-refractivity contribution in [2.75, 3.05) is 19.8 Å².